The Bertz CT molecular complexity index is 3140. The van der Waals surface area contributed by atoms with Gasteiger partial charge in [-0.1, -0.05) is 121 Å². The highest BCUT2D eigenvalue weighted by molar-refractivity contribution is 7.86. The van der Waals surface area contributed by atoms with E-state index in [4.69, 9.17) is 29.2 Å². The van der Waals surface area contributed by atoms with E-state index in [1.807, 2.05) is 135 Å². The molecule has 3 aliphatic heterocycles. The van der Waals surface area contributed by atoms with E-state index in [2.05, 4.69) is 20.4 Å². The lowest BCUT2D eigenvalue weighted by Crippen LogP contribution is -2.53. The van der Waals surface area contributed by atoms with Crippen LogP contribution in [0.4, 0.5) is 21.0 Å². The van der Waals surface area contributed by atoms with Gasteiger partial charge in [-0.15, -0.1) is 0 Å². The summed E-state index contributed by atoms with van der Waals surface area (Å²) in [4.78, 5) is 71.0. The lowest BCUT2D eigenvalue weighted by molar-refractivity contribution is -0.149. The van der Waals surface area contributed by atoms with Crippen molar-refractivity contribution in [2.75, 3.05) is 75.1 Å². The largest absolute Gasteiger partial charge is 0.465 e. The number of hydrogen-bond acceptors (Lipinski definition) is 15. The van der Waals surface area contributed by atoms with Crippen molar-refractivity contribution in [2.24, 2.45) is 0 Å². The van der Waals surface area contributed by atoms with Gasteiger partial charge in [0, 0.05) is 55.2 Å². The van der Waals surface area contributed by atoms with Gasteiger partial charge in [0.15, 0.2) is 0 Å². The lowest BCUT2D eigenvalue weighted by Gasteiger charge is -2.37. The Morgan fingerprint density at radius 1 is 0.588 bits per heavy atom. The van der Waals surface area contributed by atoms with E-state index >= 15 is 0 Å². The summed E-state index contributed by atoms with van der Waals surface area (Å²) in [6, 6.07) is 50.9. The van der Waals surface area contributed by atoms with Crippen LogP contribution in [0.3, 0.4) is 0 Å². The fourth-order valence-corrected chi connectivity index (χ4v) is 10.0. The Hall–Kier alpha value is -8.56. The molecule has 0 aromatic heterocycles. The molecule has 4 N–H and O–H groups in total. The number of hydrogen-bond donors (Lipinski definition) is 4. The maximum absolute atomic E-state index is 13.4. The molecule has 9 rings (SSSR count). The summed E-state index contributed by atoms with van der Waals surface area (Å²) in [6.07, 6.45) is -1.11. The number of cyclic esters (lactones) is 2. The number of nitrogens with one attached hydrogen (secondary N) is 4. The van der Waals surface area contributed by atoms with Gasteiger partial charge < -0.3 is 24.8 Å². The Morgan fingerprint density at radius 3 is 1.34 bits per heavy atom. The average molecular weight is 1110 g/mol. The molecule has 0 saturated carbocycles. The fraction of sp³-hybridized carbons (Fsp3) is 0.283. The van der Waals surface area contributed by atoms with Crippen molar-refractivity contribution in [1.29, 1.82) is 10.8 Å². The predicted molar refractivity (Wildman–Crippen MR) is 302 cm³/mol. The first-order chi connectivity index (χ1) is 38.5. The second kappa shape index (κ2) is 26.9. The van der Waals surface area contributed by atoms with Crippen LogP contribution in [0.15, 0.2) is 170 Å². The minimum atomic E-state index is -3.65. The number of amidine groups is 2. The van der Waals surface area contributed by atoms with Gasteiger partial charge in [0.05, 0.1) is 37.8 Å². The van der Waals surface area contributed by atoms with Crippen LogP contribution in [-0.2, 0) is 42.9 Å². The second-order valence-electron chi connectivity index (χ2n) is 19.3. The van der Waals surface area contributed by atoms with E-state index < -0.39 is 40.2 Å². The van der Waals surface area contributed by atoms with Crippen molar-refractivity contribution < 1.29 is 50.8 Å². The Kier molecular flexibility index (Phi) is 19.3. The van der Waals surface area contributed by atoms with E-state index in [9.17, 15) is 32.4 Å². The maximum Gasteiger partial charge on any atom is 0.414 e. The number of amides is 4. The van der Waals surface area contributed by atoms with Crippen LogP contribution in [0.25, 0.3) is 0 Å². The quantitative estimate of drug-likeness (QED) is 0.0221. The first kappa shape index (κ1) is 57.6. The number of anilines is 2. The minimum absolute atomic E-state index is 0.0169. The van der Waals surface area contributed by atoms with E-state index in [1.165, 1.54) is 4.90 Å². The standard InChI is InChI=1S/C34H39N5O5.C26H25N3O6S/c1-3-43-33(41)24(2)38-20-18-37(19-21-38)22-29-23-39(34(42)44-29)28-16-14-27(15-17-28)31(35)36-32(40)30(25-10-6-4-7-11-25)26-12-8-5-9-13-26;1-36(32,33)34-17-22-16-29(26(31)35-22)21-14-12-20(13-15-21)24(27)28-25(30)23(18-8-4-2-5-9-18)19-10-6-3-7-11-19/h4-17,24,29-30H,3,18-23H2,1-2H3,(H2,35,36,40);2-15,22-23H,16-17H2,1H3,(H2,27,28,30). The van der Waals surface area contributed by atoms with Gasteiger partial charge in [0.2, 0.25) is 11.8 Å². The molecule has 3 aliphatic rings. The molecule has 0 spiro atoms. The fourth-order valence-electron chi connectivity index (χ4n) is 9.60. The molecular weight excluding hydrogens is 1040 g/mol. The molecule has 3 fully saturated rings. The van der Waals surface area contributed by atoms with Crippen LogP contribution < -0.4 is 20.4 Å². The van der Waals surface area contributed by atoms with Crippen LogP contribution in [0.1, 0.15) is 59.1 Å². The van der Waals surface area contributed by atoms with Gasteiger partial charge in [-0.2, -0.15) is 8.42 Å². The molecule has 3 saturated heterocycles. The molecule has 20 heteroatoms. The third-order valence-corrected chi connectivity index (χ3v) is 14.3. The van der Waals surface area contributed by atoms with Crippen LogP contribution in [0.2, 0.25) is 0 Å². The molecule has 0 radical (unpaired) electrons. The number of carbonyl (C=O) groups excluding carboxylic acids is 5. The molecule has 0 bridgehead atoms. The van der Waals surface area contributed by atoms with Gasteiger partial charge >= 0.3 is 18.2 Å². The summed E-state index contributed by atoms with van der Waals surface area (Å²) in [5, 5.41) is 22.5. The van der Waals surface area contributed by atoms with Gasteiger partial charge in [-0.05, 0) is 84.6 Å². The van der Waals surface area contributed by atoms with Gasteiger partial charge in [0.1, 0.15) is 36.5 Å². The zero-order valence-electron chi connectivity index (χ0n) is 44.6. The van der Waals surface area contributed by atoms with Crippen LogP contribution in [0, 0.1) is 10.8 Å². The molecule has 4 amide bonds. The van der Waals surface area contributed by atoms with Gasteiger partial charge in [-0.25, -0.2) is 9.59 Å². The molecule has 80 heavy (non-hydrogen) atoms. The van der Waals surface area contributed by atoms with Crippen LogP contribution in [0.5, 0.6) is 0 Å². The highest BCUT2D eigenvalue weighted by atomic mass is 32.2. The number of nitrogens with zero attached hydrogens (tertiary/aromatic N) is 4. The molecule has 0 aliphatic carbocycles. The normalized spacial score (nSPS) is 17.0. The first-order valence-electron chi connectivity index (χ1n) is 26.2. The number of piperazine rings is 1. The second-order valence-corrected chi connectivity index (χ2v) is 21.0. The highest BCUT2D eigenvalue weighted by Gasteiger charge is 2.36. The SMILES string of the molecule is CCOC(=O)C(C)N1CCN(CC2CN(c3ccc(C(=N)NC(=O)C(c4ccccc4)c4ccccc4)cc3)C(=O)O2)CC1.CS(=O)(=O)OCC1CN(c2ccc(C(=N)NC(=O)C(c3ccccc3)c3ccccc3)cc2)C(=O)O1. The number of benzene rings is 6. The molecule has 6 aromatic rings. The van der Waals surface area contributed by atoms with E-state index in [1.54, 1.807) is 53.4 Å². The smallest absolute Gasteiger partial charge is 0.414 e. The first-order valence-corrected chi connectivity index (χ1v) is 28.0. The predicted octanol–water partition coefficient (Wildman–Crippen LogP) is 7.12. The van der Waals surface area contributed by atoms with Gasteiger partial charge in [-0.3, -0.25) is 49.0 Å². The molecular formula is C60H64N8O11S. The van der Waals surface area contributed by atoms with E-state index in [0.717, 1.165) is 54.7 Å². The zero-order valence-corrected chi connectivity index (χ0v) is 45.4. The van der Waals surface area contributed by atoms with Crippen molar-refractivity contribution in [3.63, 3.8) is 0 Å². The average Bonchev–Trinajstić information content (AvgIpc) is 4.10. The number of carbonyl (C=O) groups is 5. The van der Waals surface area contributed by atoms with Crippen molar-refractivity contribution in [3.05, 3.63) is 203 Å². The van der Waals surface area contributed by atoms with Crippen molar-refractivity contribution in [2.45, 2.75) is 43.9 Å². The van der Waals surface area contributed by atoms with Crippen molar-refractivity contribution >= 4 is 63.1 Å². The molecule has 3 unspecified atom stereocenters. The molecule has 416 valence electrons. The molecule has 3 atom stereocenters. The van der Waals surface area contributed by atoms with Crippen LogP contribution in [-0.4, -0.2) is 143 Å². The summed E-state index contributed by atoms with van der Waals surface area (Å²) in [5.41, 5.74) is 5.47. The molecule has 6 aromatic carbocycles. The number of rotatable bonds is 18. The summed E-state index contributed by atoms with van der Waals surface area (Å²) >= 11 is 0. The minimum Gasteiger partial charge on any atom is -0.465 e. The Labute approximate surface area is 465 Å². The Balaban J connectivity index is 0.000000215. The third-order valence-electron chi connectivity index (χ3n) is 13.7. The van der Waals surface area contributed by atoms with Gasteiger partial charge in [0.25, 0.3) is 10.1 Å². The molecule has 19 nitrogen and oxygen atoms in total. The number of ether oxygens (including phenoxy) is 3. The summed E-state index contributed by atoms with van der Waals surface area (Å²) in [5.74, 6) is -2.07. The van der Waals surface area contributed by atoms with Crippen LogP contribution >= 0.6 is 0 Å². The summed E-state index contributed by atoms with van der Waals surface area (Å²) in [7, 11) is -3.65. The summed E-state index contributed by atoms with van der Waals surface area (Å²) < 4.78 is 43.1. The Morgan fingerprint density at radius 2 is 0.963 bits per heavy atom. The van der Waals surface area contributed by atoms with E-state index in [0.29, 0.717) is 42.2 Å². The summed E-state index contributed by atoms with van der Waals surface area (Å²) in [6.45, 7) is 7.98. The lowest BCUT2D eigenvalue weighted by atomic mass is 9.90. The van der Waals surface area contributed by atoms with Crippen molar-refractivity contribution in [1.82, 2.24) is 20.4 Å². The van der Waals surface area contributed by atoms with E-state index in [-0.39, 0.29) is 54.8 Å². The maximum atomic E-state index is 13.4. The third kappa shape index (κ3) is 15.2. The topological polar surface area (TPSA) is 241 Å². The zero-order chi connectivity index (χ0) is 56.8. The van der Waals surface area contributed by atoms with Crippen molar-refractivity contribution in [3.8, 4) is 0 Å². The number of esters is 1. The monoisotopic (exact) mass is 1100 g/mol. The highest BCUT2D eigenvalue weighted by Crippen LogP contribution is 2.29. The molecule has 3 heterocycles.